The SMILES string of the molecule is CCNC(=NCc1cccc(OCCCOC)c1)NCCc1cccc(F)c1.I. The lowest BCUT2D eigenvalue weighted by Crippen LogP contribution is -2.38. The first kappa shape index (κ1) is 25.2. The van der Waals surface area contributed by atoms with E-state index < -0.39 is 0 Å². The number of guanidine groups is 1. The van der Waals surface area contributed by atoms with E-state index in [-0.39, 0.29) is 29.8 Å². The van der Waals surface area contributed by atoms with Crippen molar-refractivity contribution in [2.75, 3.05) is 33.4 Å². The number of benzene rings is 2. The van der Waals surface area contributed by atoms with E-state index in [0.29, 0.717) is 26.3 Å². The summed E-state index contributed by atoms with van der Waals surface area (Å²) in [5.74, 6) is 1.38. The molecule has 0 bridgehead atoms. The molecule has 7 heteroatoms. The Morgan fingerprint density at radius 1 is 1.03 bits per heavy atom. The average molecular weight is 515 g/mol. The maximum Gasteiger partial charge on any atom is 0.191 e. The molecule has 0 amide bonds. The van der Waals surface area contributed by atoms with Gasteiger partial charge in [0.15, 0.2) is 5.96 Å². The lowest BCUT2D eigenvalue weighted by atomic mass is 10.1. The Labute approximate surface area is 190 Å². The van der Waals surface area contributed by atoms with Gasteiger partial charge in [0.05, 0.1) is 13.2 Å². The highest BCUT2D eigenvalue weighted by atomic mass is 127. The number of aliphatic imine (C=N–C) groups is 1. The minimum Gasteiger partial charge on any atom is -0.493 e. The second-order valence-electron chi connectivity index (χ2n) is 6.34. The zero-order valence-electron chi connectivity index (χ0n) is 17.1. The Balaban J connectivity index is 0.00000420. The molecule has 0 heterocycles. The maximum absolute atomic E-state index is 13.3. The predicted molar refractivity (Wildman–Crippen MR) is 127 cm³/mol. The van der Waals surface area contributed by atoms with Crippen LogP contribution >= 0.6 is 24.0 Å². The number of hydrogen-bond acceptors (Lipinski definition) is 3. The van der Waals surface area contributed by atoms with E-state index in [4.69, 9.17) is 9.47 Å². The molecule has 29 heavy (non-hydrogen) atoms. The summed E-state index contributed by atoms with van der Waals surface area (Å²) >= 11 is 0. The summed E-state index contributed by atoms with van der Waals surface area (Å²) in [4.78, 5) is 4.63. The lowest BCUT2D eigenvalue weighted by Gasteiger charge is -2.12. The van der Waals surface area contributed by atoms with Gasteiger partial charge in [0.1, 0.15) is 11.6 Å². The first-order valence-electron chi connectivity index (χ1n) is 9.68. The van der Waals surface area contributed by atoms with Gasteiger partial charge in [0, 0.05) is 33.2 Å². The van der Waals surface area contributed by atoms with Gasteiger partial charge in [-0.05, 0) is 48.7 Å². The van der Waals surface area contributed by atoms with Crippen LogP contribution in [0.3, 0.4) is 0 Å². The molecule has 0 aliphatic rings. The van der Waals surface area contributed by atoms with Crippen molar-refractivity contribution in [1.82, 2.24) is 10.6 Å². The Morgan fingerprint density at radius 2 is 1.83 bits per heavy atom. The molecule has 0 aliphatic carbocycles. The van der Waals surface area contributed by atoms with Crippen LogP contribution in [0.4, 0.5) is 4.39 Å². The van der Waals surface area contributed by atoms with Gasteiger partial charge in [0.2, 0.25) is 0 Å². The molecule has 0 radical (unpaired) electrons. The van der Waals surface area contributed by atoms with Crippen LogP contribution in [-0.4, -0.2) is 39.4 Å². The van der Waals surface area contributed by atoms with E-state index in [1.807, 2.05) is 37.3 Å². The van der Waals surface area contributed by atoms with Gasteiger partial charge in [-0.15, -0.1) is 24.0 Å². The summed E-state index contributed by atoms with van der Waals surface area (Å²) in [5, 5.41) is 6.53. The molecule has 5 nitrogen and oxygen atoms in total. The van der Waals surface area contributed by atoms with Crippen LogP contribution in [0.15, 0.2) is 53.5 Å². The van der Waals surface area contributed by atoms with E-state index >= 15 is 0 Å². The van der Waals surface area contributed by atoms with Gasteiger partial charge in [-0.25, -0.2) is 9.38 Å². The molecule has 0 unspecified atom stereocenters. The zero-order chi connectivity index (χ0) is 20.0. The third kappa shape index (κ3) is 10.5. The van der Waals surface area contributed by atoms with Crippen LogP contribution in [0.25, 0.3) is 0 Å². The van der Waals surface area contributed by atoms with E-state index in [0.717, 1.165) is 42.2 Å². The molecule has 0 fully saturated rings. The smallest absolute Gasteiger partial charge is 0.191 e. The number of hydrogen-bond donors (Lipinski definition) is 2. The summed E-state index contributed by atoms with van der Waals surface area (Å²) < 4.78 is 24.0. The maximum atomic E-state index is 13.3. The summed E-state index contributed by atoms with van der Waals surface area (Å²) in [6.07, 6.45) is 1.59. The molecular weight excluding hydrogens is 484 g/mol. The normalized spacial score (nSPS) is 10.9. The van der Waals surface area contributed by atoms with Crippen LogP contribution < -0.4 is 15.4 Å². The Hall–Kier alpha value is -1.87. The minimum absolute atomic E-state index is 0. The fourth-order valence-corrected chi connectivity index (χ4v) is 2.66. The second-order valence-corrected chi connectivity index (χ2v) is 6.34. The average Bonchev–Trinajstić information content (AvgIpc) is 2.70. The molecule has 0 atom stereocenters. The van der Waals surface area contributed by atoms with E-state index in [9.17, 15) is 4.39 Å². The number of halogens is 2. The first-order valence-corrected chi connectivity index (χ1v) is 9.68. The highest BCUT2D eigenvalue weighted by Crippen LogP contribution is 2.14. The van der Waals surface area contributed by atoms with Crippen LogP contribution in [0.2, 0.25) is 0 Å². The summed E-state index contributed by atoms with van der Waals surface area (Å²) in [7, 11) is 1.69. The molecule has 2 aromatic rings. The van der Waals surface area contributed by atoms with Crippen LogP contribution in [0, 0.1) is 5.82 Å². The van der Waals surface area contributed by atoms with Gasteiger partial charge >= 0.3 is 0 Å². The largest absolute Gasteiger partial charge is 0.493 e. The molecule has 0 saturated heterocycles. The van der Waals surface area contributed by atoms with E-state index in [1.165, 1.54) is 6.07 Å². The molecule has 0 saturated carbocycles. The molecule has 2 N–H and O–H groups in total. The number of methoxy groups -OCH3 is 1. The van der Waals surface area contributed by atoms with Crippen LogP contribution in [0.1, 0.15) is 24.5 Å². The Kier molecular flexibility index (Phi) is 13.0. The van der Waals surface area contributed by atoms with Gasteiger partial charge < -0.3 is 20.1 Å². The summed E-state index contributed by atoms with van der Waals surface area (Å²) in [6, 6.07) is 14.6. The summed E-state index contributed by atoms with van der Waals surface area (Å²) in [5.41, 5.74) is 2.04. The molecule has 2 rings (SSSR count). The molecule has 0 aliphatic heterocycles. The molecule has 160 valence electrons. The third-order valence-electron chi connectivity index (χ3n) is 4.02. The Bertz CT molecular complexity index is 744. The number of rotatable bonds is 11. The number of nitrogens with zero attached hydrogens (tertiary/aromatic N) is 1. The minimum atomic E-state index is -0.206. The van der Waals surface area contributed by atoms with Gasteiger partial charge in [-0.3, -0.25) is 0 Å². The topological polar surface area (TPSA) is 54.9 Å². The van der Waals surface area contributed by atoms with Crippen molar-refractivity contribution in [3.63, 3.8) is 0 Å². The van der Waals surface area contributed by atoms with Crippen molar-refractivity contribution < 1.29 is 13.9 Å². The van der Waals surface area contributed by atoms with Gasteiger partial charge in [-0.2, -0.15) is 0 Å². The van der Waals surface area contributed by atoms with Crippen molar-refractivity contribution >= 4 is 29.9 Å². The van der Waals surface area contributed by atoms with Crippen molar-refractivity contribution in [3.05, 3.63) is 65.5 Å². The lowest BCUT2D eigenvalue weighted by molar-refractivity contribution is 0.172. The first-order chi connectivity index (χ1) is 13.7. The van der Waals surface area contributed by atoms with E-state index in [2.05, 4.69) is 15.6 Å². The number of ether oxygens (including phenoxy) is 2. The Morgan fingerprint density at radius 3 is 2.59 bits per heavy atom. The highest BCUT2D eigenvalue weighted by molar-refractivity contribution is 14.0. The predicted octanol–water partition coefficient (Wildman–Crippen LogP) is 4.16. The van der Waals surface area contributed by atoms with Crippen molar-refractivity contribution in [2.24, 2.45) is 4.99 Å². The summed E-state index contributed by atoms with van der Waals surface area (Å²) in [6.45, 7) is 5.34. The van der Waals surface area contributed by atoms with Crippen LogP contribution in [-0.2, 0) is 17.7 Å². The second kappa shape index (κ2) is 15.0. The van der Waals surface area contributed by atoms with Crippen LogP contribution in [0.5, 0.6) is 5.75 Å². The standard InChI is InChI=1S/C22H30FN3O2.HI/c1-3-24-22(25-12-11-18-7-4-9-20(23)15-18)26-17-19-8-5-10-21(16-19)28-14-6-13-27-2;/h4-5,7-10,15-16H,3,6,11-14,17H2,1-2H3,(H2,24,25,26);1H. The molecule has 0 aromatic heterocycles. The number of nitrogens with one attached hydrogen (secondary N) is 2. The highest BCUT2D eigenvalue weighted by Gasteiger charge is 2.01. The zero-order valence-corrected chi connectivity index (χ0v) is 19.4. The quantitative estimate of drug-likeness (QED) is 0.204. The van der Waals surface area contributed by atoms with Crippen molar-refractivity contribution in [1.29, 1.82) is 0 Å². The fraction of sp³-hybridized carbons (Fsp3) is 0.409. The fourth-order valence-electron chi connectivity index (χ4n) is 2.66. The van der Waals surface area contributed by atoms with Crippen molar-refractivity contribution in [3.8, 4) is 5.75 Å². The van der Waals surface area contributed by atoms with E-state index in [1.54, 1.807) is 19.2 Å². The van der Waals surface area contributed by atoms with Gasteiger partial charge in [-0.1, -0.05) is 24.3 Å². The third-order valence-corrected chi connectivity index (χ3v) is 4.02. The van der Waals surface area contributed by atoms with Gasteiger partial charge in [0.25, 0.3) is 0 Å². The van der Waals surface area contributed by atoms with Crippen molar-refractivity contribution in [2.45, 2.75) is 26.3 Å². The molecular formula is C22H31FIN3O2. The monoisotopic (exact) mass is 515 g/mol. The molecule has 0 spiro atoms. The molecule has 2 aromatic carbocycles.